The van der Waals surface area contributed by atoms with E-state index in [9.17, 15) is 13.2 Å². The van der Waals surface area contributed by atoms with Gasteiger partial charge in [0, 0.05) is 26.7 Å². The zero-order valence-corrected chi connectivity index (χ0v) is 23.6. The minimum Gasteiger partial charge on any atom is -0.497 e. The van der Waals surface area contributed by atoms with Crippen molar-refractivity contribution in [3.8, 4) is 5.75 Å². The second-order valence-electron chi connectivity index (χ2n) is 10.5. The third kappa shape index (κ3) is 7.43. The van der Waals surface area contributed by atoms with Gasteiger partial charge in [0.1, 0.15) is 12.4 Å². The number of likely N-dealkylation sites (N-methyl/N-ethyl adjacent to an activating group) is 2. The van der Waals surface area contributed by atoms with E-state index in [-0.39, 0.29) is 36.6 Å². The minimum absolute atomic E-state index is 0.0279. The van der Waals surface area contributed by atoms with Gasteiger partial charge in [0.05, 0.1) is 18.6 Å². The van der Waals surface area contributed by atoms with Crippen LogP contribution in [0.4, 0.5) is 0 Å². The first-order valence-corrected chi connectivity index (χ1v) is 14.7. The number of benzene rings is 1. The van der Waals surface area contributed by atoms with Gasteiger partial charge in [-0.1, -0.05) is 0 Å². The summed E-state index contributed by atoms with van der Waals surface area (Å²) in [5, 5.41) is 0. The molecule has 1 aliphatic carbocycles. The molecule has 36 heavy (non-hydrogen) atoms. The van der Waals surface area contributed by atoms with Crippen LogP contribution in [0.25, 0.3) is 0 Å². The molecule has 1 saturated carbocycles. The number of hydrogen-bond donors (Lipinski definition) is 0. The zero-order chi connectivity index (χ0) is 26.3. The largest absolute Gasteiger partial charge is 0.497 e. The van der Waals surface area contributed by atoms with Gasteiger partial charge in [-0.25, -0.2) is 8.42 Å². The number of likely N-dealkylation sites (tertiary alicyclic amines) is 1. The standard InChI is InChI=1S/C27H45N3O5S/c1-21-18-25(34-5)19-22(2)27(21)36(32,33)28(3)16-17-35-20-26(31)29(4)24-10-8-23(9-11-24)12-15-30-13-6-7-14-30/h18-19,23-24H,6-17,20H2,1-5H3/t23-,24+. The maximum atomic E-state index is 13.1. The van der Waals surface area contributed by atoms with Gasteiger partial charge in [-0.15, -0.1) is 0 Å². The van der Waals surface area contributed by atoms with Crippen LogP contribution in [0.3, 0.4) is 0 Å². The first-order valence-electron chi connectivity index (χ1n) is 13.3. The number of nitrogens with zero attached hydrogens (tertiary/aromatic N) is 3. The van der Waals surface area contributed by atoms with E-state index in [0.29, 0.717) is 16.9 Å². The number of carbonyl (C=O) groups excluding carboxylic acids is 1. The summed E-state index contributed by atoms with van der Waals surface area (Å²) in [5.74, 6) is 1.37. The molecule has 1 aromatic carbocycles. The fourth-order valence-corrected chi connectivity index (χ4v) is 7.12. The summed E-state index contributed by atoms with van der Waals surface area (Å²) in [7, 11) is 1.29. The summed E-state index contributed by atoms with van der Waals surface area (Å²) in [6.45, 7) is 7.58. The van der Waals surface area contributed by atoms with E-state index in [2.05, 4.69) is 4.90 Å². The summed E-state index contributed by atoms with van der Waals surface area (Å²) in [6, 6.07) is 3.72. The molecule has 0 bridgehead atoms. The smallest absolute Gasteiger partial charge is 0.248 e. The van der Waals surface area contributed by atoms with Crippen LogP contribution in [0, 0.1) is 19.8 Å². The Hall–Kier alpha value is -1.68. The maximum Gasteiger partial charge on any atom is 0.248 e. The van der Waals surface area contributed by atoms with Crippen molar-refractivity contribution in [2.24, 2.45) is 5.92 Å². The summed E-state index contributed by atoms with van der Waals surface area (Å²) in [6.07, 6.45) is 8.43. The highest BCUT2D eigenvalue weighted by atomic mass is 32.2. The molecular formula is C27H45N3O5S. The lowest BCUT2D eigenvalue weighted by Gasteiger charge is -2.35. The monoisotopic (exact) mass is 523 g/mol. The van der Waals surface area contributed by atoms with Gasteiger partial charge in [-0.2, -0.15) is 4.31 Å². The molecule has 2 fully saturated rings. The molecule has 1 heterocycles. The fraction of sp³-hybridized carbons (Fsp3) is 0.741. The van der Waals surface area contributed by atoms with Crippen LogP contribution >= 0.6 is 0 Å². The van der Waals surface area contributed by atoms with Crippen LogP contribution in [0.5, 0.6) is 5.75 Å². The molecule has 8 nitrogen and oxygen atoms in total. The molecule has 9 heteroatoms. The quantitative estimate of drug-likeness (QED) is 0.391. The van der Waals surface area contributed by atoms with Gasteiger partial charge in [-0.3, -0.25) is 4.79 Å². The van der Waals surface area contributed by atoms with Gasteiger partial charge in [0.2, 0.25) is 15.9 Å². The summed E-state index contributed by atoms with van der Waals surface area (Å²) >= 11 is 0. The van der Waals surface area contributed by atoms with Crippen LogP contribution in [0.2, 0.25) is 0 Å². The van der Waals surface area contributed by atoms with E-state index in [1.54, 1.807) is 33.1 Å². The summed E-state index contributed by atoms with van der Waals surface area (Å²) < 4.78 is 38.4. The Labute approximate surface area is 218 Å². The molecule has 0 N–H and O–H groups in total. The highest BCUT2D eigenvalue weighted by Crippen LogP contribution is 2.30. The van der Waals surface area contributed by atoms with Crippen molar-refractivity contribution in [3.05, 3.63) is 23.3 Å². The lowest BCUT2D eigenvalue weighted by atomic mass is 9.83. The molecular weight excluding hydrogens is 478 g/mol. The van der Waals surface area contributed by atoms with Crippen molar-refractivity contribution < 1.29 is 22.7 Å². The Kier molecular flexibility index (Phi) is 10.6. The Morgan fingerprint density at radius 2 is 1.67 bits per heavy atom. The maximum absolute atomic E-state index is 13.1. The Morgan fingerprint density at radius 1 is 1.06 bits per heavy atom. The molecule has 0 atom stereocenters. The van der Waals surface area contributed by atoms with Gasteiger partial charge < -0.3 is 19.3 Å². The lowest BCUT2D eigenvalue weighted by molar-refractivity contribution is -0.137. The summed E-state index contributed by atoms with van der Waals surface area (Å²) in [5.41, 5.74) is 1.28. The molecule has 0 aromatic heterocycles. The van der Waals surface area contributed by atoms with E-state index in [0.717, 1.165) is 18.8 Å². The number of sulfonamides is 1. The zero-order valence-electron chi connectivity index (χ0n) is 22.8. The van der Waals surface area contributed by atoms with Gasteiger partial charge >= 0.3 is 0 Å². The van der Waals surface area contributed by atoms with Crippen LogP contribution in [0.15, 0.2) is 17.0 Å². The highest BCUT2D eigenvalue weighted by Gasteiger charge is 2.28. The van der Waals surface area contributed by atoms with E-state index in [1.807, 2.05) is 11.9 Å². The highest BCUT2D eigenvalue weighted by molar-refractivity contribution is 7.89. The first kappa shape index (κ1) is 28.9. The molecule has 1 aliphatic heterocycles. The number of hydrogen-bond acceptors (Lipinski definition) is 6. The van der Waals surface area contributed by atoms with Crippen molar-refractivity contribution in [2.45, 2.75) is 69.7 Å². The predicted molar refractivity (Wildman–Crippen MR) is 142 cm³/mol. The SMILES string of the molecule is COc1cc(C)c(S(=O)(=O)N(C)CCOCC(=O)N(C)[C@H]2CC[C@@H](CCN3CCCC3)CC2)c(C)c1. The molecule has 3 rings (SSSR count). The molecule has 1 aromatic rings. The number of methoxy groups -OCH3 is 1. The Balaban J connectivity index is 1.38. The fourth-order valence-electron chi connectivity index (χ4n) is 5.56. The average molecular weight is 524 g/mol. The normalized spacial score (nSPS) is 21.2. The second-order valence-corrected chi connectivity index (χ2v) is 12.5. The molecule has 1 saturated heterocycles. The molecule has 1 amide bonds. The second kappa shape index (κ2) is 13.2. The van der Waals surface area contributed by atoms with Crippen LogP contribution < -0.4 is 4.74 Å². The lowest BCUT2D eigenvalue weighted by Crippen LogP contribution is -2.42. The predicted octanol–water partition coefficient (Wildman–Crippen LogP) is 3.45. The van der Waals surface area contributed by atoms with Crippen LogP contribution in [-0.4, -0.2) is 95.1 Å². The number of carbonyl (C=O) groups is 1. The number of amides is 1. The molecule has 0 unspecified atom stereocenters. The Bertz CT molecular complexity index is 947. The van der Waals surface area contributed by atoms with E-state index < -0.39 is 10.0 Å². The van der Waals surface area contributed by atoms with Gasteiger partial charge in [-0.05, 0) is 108 Å². The van der Waals surface area contributed by atoms with E-state index in [4.69, 9.17) is 9.47 Å². The summed E-state index contributed by atoms with van der Waals surface area (Å²) in [4.78, 5) is 17.4. The molecule has 0 spiro atoms. The number of rotatable bonds is 12. The third-order valence-corrected chi connectivity index (χ3v) is 10.1. The van der Waals surface area contributed by atoms with Gasteiger partial charge in [0.25, 0.3) is 0 Å². The van der Waals surface area contributed by atoms with Crippen molar-refractivity contribution in [2.75, 3.05) is 60.6 Å². The van der Waals surface area contributed by atoms with Crippen LogP contribution in [0.1, 0.15) is 56.1 Å². The van der Waals surface area contributed by atoms with Crippen molar-refractivity contribution in [3.63, 3.8) is 0 Å². The third-order valence-electron chi connectivity index (χ3n) is 7.92. The van der Waals surface area contributed by atoms with Gasteiger partial charge in [0.15, 0.2) is 0 Å². The van der Waals surface area contributed by atoms with Crippen molar-refractivity contribution >= 4 is 15.9 Å². The minimum atomic E-state index is -3.68. The molecule has 204 valence electrons. The molecule has 2 aliphatic rings. The van der Waals surface area contributed by atoms with Crippen molar-refractivity contribution in [1.29, 1.82) is 0 Å². The Morgan fingerprint density at radius 3 is 2.25 bits per heavy atom. The first-order chi connectivity index (χ1) is 17.1. The molecule has 0 radical (unpaired) electrons. The van der Waals surface area contributed by atoms with E-state index in [1.165, 1.54) is 63.1 Å². The number of aryl methyl sites for hydroxylation is 2. The van der Waals surface area contributed by atoms with E-state index >= 15 is 0 Å². The average Bonchev–Trinajstić information content (AvgIpc) is 3.38. The van der Waals surface area contributed by atoms with Crippen LogP contribution in [-0.2, 0) is 19.6 Å². The number of ether oxygens (including phenoxy) is 2. The van der Waals surface area contributed by atoms with Crippen molar-refractivity contribution in [1.82, 2.24) is 14.1 Å². The topological polar surface area (TPSA) is 79.4 Å².